The van der Waals surface area contributed by atoms with Crippen LogP contribution in [0.15, 0.2) is 24.3 Å². The predicted molar refractivity (Wildman–Crippen MR) is 79.6 cm³/mol. The third-order valence-electron chi connectivity index (χ3n) is 3.93. The SMILES string of the molecule is Cc1ccc(CCC(C2COCCN2)N(C)C)cc1. The van der Waals surface area contributed by atoms with Crippen LogP contribution in [-0.2, 0) is 11.2 Å². The molecule has 19 heavy (non-hydrogen) atoms. The second-order valence-electron chi connectivity index (χ2n) is 5.69. The number of ether oxygens (including phenoxy) is 1. The van der Waals surface area contributed by atoms with Crippen molar-refractivity contribution in [3.05, 3.63) is 35.4 Å². The molecule has 0 bridgehead atoms. The molecule has 1 heterocycles. The van der Waals surface area contributed by atoms with E-state index in [0.717, 1.165) is 32.6 Å². The maximum absolute atomic E-state index is 5.59. The van der Waals surface area contributed by atoms with Gasteiger partial charge in [-0.05, 0) is 39.4 Å². The zero-order chi connectivity index (χ0) is 13.7. The summed E-state index contributed by atoms with van der Waals surface area (Å²) in [6.45, 7) is 4.78. The van der Waals surface area contributed by atoms with Crippen molar-refractivity contribution in [2.45, 2.75) is 31.8 Å². The van der Waals surface area contributed by atoms with Crippen LogP contribution < -0.4 is 5.32 Å². The summed E-state index contributed by atoms with van der Waals surface area (Å²) in [6.07, 6.45) is 2.29. The summed E-state index contributed by atoms with van der Waals surface area (Å²) in [7, 11) is 4.33. The lowest BCUT2D eigenvalue weighted by Crippen LogP contribution is -2.53. The fourth-order valence-corrected chi connectivity index (χ4v) is 2.72. The van der Waals surface area contributed by atoms with Crippen molar-refractivity contribution in [3.8, 4) is 0 Å². The average Bonchev–Trinajstić information content (AvgIpc) is 2.42. The van der Waals surface area contributed by atoms with Crippen LogP contribution in [0.2, 0.25) is 0 Å². The van der Waals surface area contributed by atoms with Crippen LogP contribution in [-0.4, -0.2) is 50.8 Å². The molecule has 0 aliphatic carbocycles. The Hall–Kier alpha value is -0.900. The molecule has 1 aliphatic heterocycles. The van der Waals surface area contributed by atoms with Crippen molar-refractivity contribution >= 4 is 0 Å². The summed E-state index contributed by atoms with van der Waals surface area (Å²) >= 11 is 0. The summed E-state index contributed by atoms with van der Waals surface area (Å²) in [5.74, 6) is 0. The molecule has 1 fully saturated rings. The minimum Gasteiger partial charge on any atom is -0.378 e. The molecule has 1 aromatic rings. The Labute approximate surface area is 116 Å². The van der Waals surface area contributed by atoms with Crippen LogP contribution in [0.3, 0.4) is 0 Å². The lowest BCUT2D eigenvalue weighted by atomic mass is 9.98. The number of nitrogens with one attached hydrogen (secondary N) is 1. The minimum atomic E-state index is 0.453. The smallest absolute Gasteiger partial charge is 0.0635 e. The van der Waals surface area contributed by atoms with Crippen LogP contribution in [0.25, 0.3) is 0 Å². The van der Waals surface area contributed by atoms with E-state index >= 15 is 0 Å². The molecule has 3 nitrogen and oxygen atoms in total. The Morgan fingerprint density at radius 1 is 1.32 bits per heavy atom. The molecule has 0 saturated carbocycles. The molecule has 2 unspecified atom stereocenters. The Bertz CT molecular complexity index is 369. The number of nitrogens with zero attached hydrogens (tertiary/aromatic N) is 1. The number of rotatable bonds is 5. The molecule has 1 aromatic carbocycles. The number of hydrogen-bond acceptors (Lipinski definition) is 3. The van der Waals surface area contributed by atoms with E-state index in [0.29, 0.717) is 12.1 Å². The summed E-state index contributed by atoms with van der Waals surface area (Å²) < 4.78 is 5.59. The zero-order valence-electron chi connectivity index (χ0n) is 12.4. The molecule has 106 valence electrons. The lowest BCUT2D eigenvalue weighted by Gasteiger charge is -2.35. The number of hydrogen-bond donors (Lipinski definition) is 1. The van der Waals surface area contributed by atoms with Crippen LogP contribution >= 0.6 is 0 Å². The molecule has 0 amide bonds. The molecule has 0 radical (unpaired) electrons. The molecule has 2 atom stereocenters. The molecular formula is C16H26N2O. The van der Waals surface area contributed by atoms with Gasteiger partial charge in [0, 0.05) is 18.6 Å². The first-order valence-electron chi connectivity index (χ1n) is 7.20. The Kier molecular flexibility index (Phi) is 5.37. The zero-order valence-corrected chi connectivity index (χ0v) is 12.4. The predicted octanol–water partition coefficient (Wildman–Crippen LogP) is 1.85. The molecule has 1 aliphatic rings. The van der Waals surface area contributed by atoms with Crippen molar-refractivity contribution < 1.29 is 4.74 Å². The van der Waals surface area contributed by atoms with Crippen molar-refractivity contribution in [1.29, 1.82) is 0 Å². The van der Waals surface area contributed by atoms with Crippen molar-refractivity contribution in [3.63, 3.8) is 0 Å². The lowest BCUT2D eigenvalue weighted by molar-refractivity contribution is 0.0443. The van der Waals surface area contributed by atoms with Gasteiger partial charge < -0.3 is 15.0 Å². The summed E-state index contributed by atoms with van der Waals surface area (Å²) in [6, 6.07) is 9.86. The second-order valence-corrected chi connectivity index (χ2v) is 5.69. The number of likely N-dealkylation sites (N-methyl/N-ethyl adjacent to an activating group) is 1. The van der Waals surface area contributed by atoms with Crippen LogP contribution in [0.1, 0.15) is 17.5 Å². The van der Waals surface area contributed by atoms with Gasteiger partial charge in [0.1, 0.15) is 0 Å². The van der Waals surface area contributed by atoms with E-state index in [1.807, 2.05) is 0 Å². The van der Waals surface area contributed by atoms with Gasteiger partial charge in [-0.3, -0.25) is 0 Å². The Balaban J connectivity index is 1.91. The normalized spacial score (nSPS) is 21.6. The number of aryl methyl sites for hydroxylation is 2. The molecular weight excluding hydrogens is 236 g/mol. The molecule has 0 aromatic heterocycles. The highest BCUT2D eigenvalue weighted by molar-refractivity contribution is 5.21. The second kappa shape index (κ2) is 7.04. The quantitative estimate of drug-likeness (QED) is 0.876. The highest BCUT2D eigenvalue weighted by Gasteiger charge is 2.25. The van der Waals surface area contributed by atoms with E-state index in [-0.39, 0.29) is 0 Å². The first kappa shape index (κ1) is 14.5. The van der Waals surface area contributed by atoms with E-state index in [9.17, 15) is 0 Å². The molecule has 3 heteroatoms. The highest BCUT2D eigenvalue weighted by Crippen LogP contribution is 2.14. The molecule has 1 saturated heterocycles. The standard InChI is InChI=1S/C16H26N2O/c1-13-4-6-14(7-5-13)8-9-16(18(2)3)15-12-19-11-10-17-15/h4-7,15-17H,8-12H2,1-3H3. The minimum absolute atomic E-state index is 0.453. The van der Waals surface area contributed by atoms with E-state index in [4.69, 9.17) is 4.74 Å². The Morgan fingerprint density at radius 2 is 2.05 bits per heavy atom. The number of morpholine rings is 1. The van der Waals surface area contributed by atoms with Gasteiger partial charge in [0.2, 0.25) is 0 Å². The van der Waals surface area contributed by atoms with E-state index in [2.05, 4.69) is 55.5 Å². The van der Waals surface area contributed by atoms with Crippen molar-refractivity contribution in [1.82, 2.24) is 10.2 Å². The Morgan fingerprint density at radius 3 is 2.63 bits per heavy atom. The third kappa shape index (κ3) is 4.30. The van der Waals surface area contributed by atoms with Gasteiger partial charge in [0.25, 0.3) is 0 Å². The number of benzene rings is 1. The summed E-state index contributed by atoms with van der Waals surface area (Å²) in [4.78, 5) is 2.32. The van der Waals surface area contributed by atoms with Gasteiger partial charge in [-0.25, -0.2) is 0 Å². The fourth-order valence-electron chi connectivity index (χ4n) is 2.72. The maximum Gasteiger partial charge on any atom is 0.0635 e. The van der Waals surface area contributed by atoms with Gasteiger partial charge in [0.15, 0.2) is 0 Å². The first-order valence-corrected chi connectivity index (χ1v) is 7.20. The van der Waals surface area contributed by atoms with Crippen LogP contribution in [0.4, 0.5) is 0 Å². The molecule has 1 N–H and O–H groups in total. The van der Waals surface area contributed by atoms with E-state index in [1.165, 1.54) is 11.1 Å². The van der Waals surface area contributed by atoms with Crippen LogP contribution in [0.5, 0.6) is 0 Å². The van der Waals surface area contributed by atoms with E-state index in [1.54, 1.807) is 0 Å². The third-order valence-corrected chi connectivity index (χ3v) is 3.93. The molecule has 0 spiro atoms. The molecule has 2 rings (SSSR count). The average molecular weight is 262 g/mol. The highest BCUT2D eigenvalue weighted by atomic mass is 16.5. The van der Waals surface area contributed by atoms with Gasteiger partial charge in [-0.1, -0.05) is 29.8 Å². The van der Waals surface area contributed by atoms with Gasteiger partial charge in [0.05, 0.1) is 13.2 Å². The van der Waals surface area contributed by atoms with Crippen molar-refractivity contribution in [2.24, 2.45) is 0 Å². The van der Waals surface area contributed by atoms with Gasteiger partial charge in [-0.2, -0.15) is 0 Å². The largest absolute Gasteiger partial charge is 0.378 e. The van der Waals surface area contributed by atoms with E-state index < -0.39 is 0 Å². The van der Waals surface area contributed by atoms with Gasteiger partial charge in [-0.15, -0.1) is 0 Å². The van der Waals surface area contributed by atoms with Crippen LogP contribution in [0, 0.1) is 6.92 Å². The topological polar surface area (TPSA) is 24.5 Å². The summed E-state index contributed by atoms with van der Waals surface area (Å²) in [5.41, 5.74) is 2.75. The van der Waals surface area contributed by atoms with Crippen molar-refractivity contribution in [2.75, 3.05) is 33.9 Å². The first-order chi connectivity index (χ1) is 9.16. The maximum atomic E-state index is 5.59. The fraction of sp³-hybridized carbons (Fsp3) is 0.625. The monoisotopic (exact) mass is 262 g/mol. The summed E-state index contributed by atoms with van der Waals surface area (Å²) in [5, 5.41) is 3.58. The van der Waals surface area contributed by atoms with Gasteiger partial charge >= 0.3 is 0 Å².